The number of nitrogens with zero attached hydrogens (tertiary/aromatic N) is 4. The van der Waals surface area contributed by atoms with Crippen LogP contribution < -0.4 is 4.90 Å². The largest absolute Gasteiger partial charge is 0.453 e. The van der Waals surface area contributed by atoms with Gasteiger partial charge in [-0.05, 0) is 12.1 Å². The third-order valence-electron chi connectivity index (χ3n) is 5.02. The molecule has 0 bridgehead atoms. The van der Waals surface area contributed by atoms with Gasteiger partial charge in [0.15, 0.2) is 0 Å². The molecule has 2 saturated heterocycles. The molecular weight excluding hydrogens is 348 g/mol. The lowest BCUT2D eigenvalue weighted by Crippen LogP contribution is -2.54. The van der Waals surface area contributed by atoms with Crippen LogP contribution in [0.4, 0.5) is 15.3 Å². The predicted molar refractivity (Wildman–Crippen MR) is 96.0 cm³/mol. The number of rotatable bonds is 1. The summed E-state index contributed by atoms with van der Waals surface area (Å²) in [6, 6.07) is 11.4. The number of urea groups is 1. The van der Waals surface area contributed by atoms with E-state index in [1.54, 1.807) is 36.4 Å². The number of fused-ring (bicyclic) bond motifs is 2. The number of carbonyl (C=O) groups is 3. The van der Waals surface area contributed by atoms with E-state index in [1.165, 1.54) is 16.9 Å². The van der Waals surface area contributed by atoms with E-state index in [-0.39, 0.29) is 19.0 Å². The van der Waals surface area contributed by atoms with Crippen LogP contribution in [0.3, 0.4) is 0 Å². The first-order valence-corrected chi connectivity index (χ1v) is 8.46. The molecule has 0 aromatic heterocycles. The molecule has 2 aliphatic heterocycles. The molecule has 2 aromatic rings. The van der Waals surface area contributed by atoms with Gasteiger partial charge in [0, 0.05) is 23.9 Å². The van der Waals surface area contributed by atoms with Crippen molar-refractivity contribution in [2.75, 3.05) is 31.6 Å². The predicted octanol–water partition coefficient (Wildman–Crippen LogP) is 1.93. The van der Waals surface area contributed by atoms with Crippen LogP contribution in [0.2, 0.25) is 0 Å². The normalized spacial score (nSPS) is 19.3. The second-order valence-corrected chi connectivity index (χ2v) is 6.37. The maximum absolute atomic E-state index is 13.0. The standard InChI is InChI=1S/C19H16N4O4/c1-27-19(26)21-8-9-22-16(11-21)17(24)23(18(22)25)15-7-6-12(10-20)13-4-2-3-5-14(13)15/h2-7,16H,8-9,11H2,1H3. The molecule has 4 amide bonds. The molecule has 0 radical (unpaired) electrons. The van der Waals surface area contributed by atoms with Gasteiger partial charge in [-0.15, -0.1) is 0 Å². The van der Waals surface area contributed by atoms with Crippen molar-refractivity contribution < 1.29 is 19.1 Å². The van der Waals surface area contributed by atoms with Gasteiger partial charge in [0.05, 0.1) is 31.0 Å². The highest BCUT2D eigenvalue weighted by atomic mass is 16.5. The molecule has 1 unspecified atom stereocenters. The van der Waals surface area contributed by atoms with E-state index in [9.17, 15) is 19.6 Å². The smallest absolute Gasteiger partial charge is 0.409 e. The monoisotopic (exact) mass is 364 g/mol. The van der Waals surface area contributed by atoms with Crippen molar-refractivity contribution in [1.82, 2.24) is 9.80 Å². The van der Waals surface area contributed by atoms with Gasteiger partial charge in [-0.25, -0.2) is 14.5 Å². The second kappa shape index (κ2) is 6.29. The summed E-state index contributed by atoms with van der Waals surface area (Å²) in [4.78, 5) is 41.8. The second-order valence-electron chi connectivity index (χ2n) is 6.37. The van der Waals surface area contributed by atoms with Crippen molar-refractivity contribution in [2.24, 2.45) is 0 Å². The summed E-state index contributed by atoms with van der Waals surface area (Å²) in [5.74, 6) is -0.386. The summed E-state index contributed by atoms with van der Waals surface area (Å²) in [5.41, 5.74) is 0.918. The van der Waals surface area contributed by atoms with Crippen LogP contribution in [-0.4, -0.2) is 60.6 Å². The SMILES string of the molecule is COC(=O)N1CCN2C(=O)N(c3ccc(C#N)c4ccccc34)C(=O)C2C1. The molecule has 2 aromatic carbocycles. The minimum absolute atomic E-state index is 0.0992. The first-order chi connectivity index (χ1) is 13.1. The number of nitriles is 1. The Bertz CT molecular complexity index is 1010. The van der Waals surface area contributed by atoms with E-state index in [1.807, 2.05) is 0 Å². The Morgan fingerprint density at radius 2 is 1.89 bits per heavy atom. The summed E-state index contributed by atoms with van der Waals surface area (Å²) in [7, 11) is 1.28. The zero-order valence-electron chi connectivity index (χ0n) is 14.6. The quantitative estimate of drug-likeness (QED) is 0.721. The summed E-state index contributed by atoms with van der Waals surface area (Å²) < 4.78 is 4.72. The van der Waals surface area contributed by atoms with Crippen LogP contribution in [-0.2, 0) is 9.53 Å². The maximum atomic E-state index is 13.0. The van der Waals surface area contributed by atoms with Crippen molar-refractivity contribution in [3.05, 3.63) is 42.0 Å². The molecule has 8 nitrogen and oxygen atoms in total. The number of anilines is 1. The minimum Gasteiger partial charge on any atom is -0.453 e. The van der Waals surface area contributed by atoms with Crippen molar-refractivity contribution in [1.29, 1.82) is 5.26 Å². The zero-order valence-corrected chi connectivity index (χ0v) is 14.6. The average Bonchev–Trinajstić information content (AvgIpc) is 2.96. The minimum atomic E-state index is -0.736. The molecule has 0 N–H and O–H groups in total. The Morgan fingerprint density at radius 1 is 1.15 bits per heavy atom. The van der Waals surface area contributed by atoms with Gasteiger partial charge in [0.1, 0.15) is 6.04 Å². The number of ether oxygens (including phenoxy) is 1. The Morgan fingerprint density at radius 3 is 2.59 bits per heavy atom. The molecule has 0 spiro atoms. The fraction of sp³-hybridized carbons (Fsp3) is 0.263. The lowest BCUT2D eigenvalue weighted by molar-refractivity contribution is -0.120. The first kappa shape index (κ1) is 16.8. The van der Waals surface area contributed by atoms with E-state index in [4.69, 9.17) is 4.74 Å². The number of imide groups is 1. The van der Waals surface area contributed by atoms with Crippen molar-refractivity contribution in [3.63, 3.8) is 0 Å². The average molecular weight is 364 g/mol. The highest BCUT2D eigenvalue weighted by Gasteiger charge is 2.49. The van der Waals surface area contributed by atoms with E-state index in [0.29, 0.717) is 28.6 Å². The Balaban J connectivity index is 1.75. The summed E-state index contributed by atoms with van der Waals surface area (Å²) in [6.45, 7) is 0.668. The van der Waals surface area contributed by atoms with Crippen LogP contribution in [0.5, 0.6) is 0 Å². The number of hydrogen-bond donors (Lipinski definition) is 0. The third kappa shape index (κ3) is 2.47. The number of carbonyl (C=O) groups excluding carboxylic acids is 3. The molecule has 136 valence electrons. The summed E-state index contributed by atoms with van der Waals surface area (Å²) >= 11 is 0. The van der Waals surface area contributed by atoms with Crippen LogP contribution >= 0.6 is 0 Å². The van der Waals surface area contributed by atoms with Crippen LogP contribution in [0.25, 0.3) is 10.8 Å². The lowest BCUT2D eigenvalue weighted by Gasteiger charge is -2.34. The zero-order chi connectivity index (χ0) is 19.1. The van der Waals surface area contributed by atoms with Crippen molar-refractivity contribution in [2.45, 2.75) is 6.04 Å². The highest BCUT2D eigenvalue weighted by Crippen LogP contribution is 2.34. The molecule has 2 fully saturated rings. The van der Waals surface area contributed by atoms with Gasteiger partial charge in [0.25, 0.3) is 5.91 Å². The molecule has 0 aliphatic carbocycles. The van der Waals surface area contributed by atoms with E-state index >= 15 is 0 Å². The summed E-state index contributed by atoms with van der Waals surface area (Å²) in [5, 5.41) is 10.6. The fourth-order valence-corrected chi connectivity index (χ4v) is 3.69. The van der Waals surface area contributed by atoms with Gasteiger partial charge >= 0.3 is 12.1 Å². The molecule has 27 heavy (non-hydrogen) atoms. The summed E-state index contributed by atoms with van der Waals surface area (Å²) in [6.07, 6.45) is -0.517. The van der Waals surface area contributed by atoms with Crippen LogP contribution in [0.15, 0.2) is 36.4 Å². The molecule has 0 saturated carbocycles. The highest BCUT2D eigenvalue weighted by molar-refractivity contribution is 6.24. The molecule has 2 heterocycles. The molecular formula is C19H16N4O4. The molecule has 4 rings (SSSR count). The number of piperazine rings is 1. The topological polar surface area (TPSA) is 93.9 Å². The van der Waals surface area contributed by atoms with Gasteiger partial charge in [-0.2, -0.15) is 5.26 Å². The van der Waals surface area contributed by atoms with Crippen LogP contribution in [0.1, 0.15) is 5.56 Å². The number of amides is 4. The van der Waals surface area contributed by atoms with E-state index < -0.39 is 18.2 Å². The third-order valence-corrected chi connectivity index (χ3v) is 5.02. The van der Waals surface area contributed by atoms with Gasteiger partial charge in [-0.1, -0.05) is 24.3 Å². The number of benzene rings is 2. The van der Waals surface area contributed by atoms with E-state index in [2.05, 4.69) is 6.07 Å². The first-order valence-electron chi connectivity index (χ1n) is 8.46. The van der Waals surface area contributed by atoms with E-state index in [0.717, 1.165) is 4.90 Å². The number of methoxy groups -OCH3 is 1. The molecule has 8 heteroatoms. The van der Waals surface area contributed by atoms with Crippen molar-refractivity contribution in [3.8, 4) is 6.07 Å². The van der Waals surface area contributed by atoms with Crippen LogP contribution in [0, 0.1) is 11.3 Å². The van der Waals surface area contributed by atoms with Gasteiger partial charge in [-0.3, -0.25) is 4.79 Å². The molecule has 1 atom stereocenters. The maximum Gasteiger partial charge on any atom is 0.409 e. The fourth-order valence-electron chi connectivity index (χ4n) is 3.69. The van der Waals surface area contributed by atoms with Gasteiger partial charge < -0.3 is 14.5 Å². The Labute approximate surface area is 155 Å². The Kier molecular flexibility index (Phi) is 3.92. The van der Waals surface area contributed by atoms with Crippen molar-refractivity contribution >= 4 is 34.5 Å². The lowest BCUT2D eigenvalue weighted by atomic mass is 10.0. The van der Waals surface area contributed by atoms with Gasteiger partial charge in [0.2, 0.25) is 0 Å². The molecule has 2 aliphatic rings. The Hall–Kier alpha value is -3.60. The number of hydrogen-bond acceptors (Lipinski definition) is 5.